The van der Waals surface area contributed by atoms with Crippen LogP contribution in [0.2, 0.25) is 0 Å². The van der Waals surface area contributed by atoms with Gasteiger partial charge in [0.1, 0.15) is 12.7 Å². The molecule has 7 nitrogen and oxygen atoms in total. The number of β-amino-alcohol motifs (C(OH)–C–C–N with tert-alkyl or cyclic N) is 1. The van der Waals surface area contributed by atoms with Gasteiger partial charge in [-0.2, -0.15) is 5.10 Å². The largest absolute Gasteiger partial charge is 0.494 e. The fourth-order valence-corrected chi connectivity index (χ4v) is 2.11. The number of methoxy groups -OCH3 is 1. The maximum absolute atomic E-state index is 13.4. The van der Waals surface area contributed by atoms with Crippen molar-refractivity contribution in [1.82, 2.24) is 14.8 Å². The fourth-order valence-electron chi connectivity index (χ4n) is 2.11. The summed E-state index contributed by atoms with van der Waals surface area (Å²) in [6.07, 6.45) is 0.888. The van der Waals surface area contributed by atoms with Gasteiger partial charge < -0.3 is 9.84 Å². The highest BCUT2D eigenvalue weighted by Gasteiger charge is 2.28. The summed E-state index contributed by atoms with van der Waals surface area (Å²) in [5.74, 6) is -0.828. The summed E-state index contributed by atoms with van der Waals surface area (Å²) in [5, 5.41) is 14.6. The second-order valence-corrected chi connectivity index (χ2v) is 4.78. The molecule has 2 aromatic rings. The zero-order valence-electron chi connectivity index (χ0n) is 11.8. The molecule has 22 heavy (non-hydrogen) atoms. The number of amides is 1. The average molecular weight is 307 g/mol. The summed E-state index contributed by atoms with van der Waals surface area (Å²) in [5.41, 5.74) is 0.720. The molecule has 8 heteroatoms. The molecule has 1 aromatic carbocycles. The molecule has 1 aliphatic heterocycles. The second-order valence-electron chi connectivity index (χ2n) is 4.78. The molecule has 0 unspecified atom stereocenters. The molecule has 3 rings (SSSR count). The van der Waals surface area contributed by atoms with E-state index in [0.29, 0.717) is 5.69 Å². The van der Waals surface area contributed by atoms with Gasteiger partial charge in [0, 0.05) is 12.3 Å². The SMILES string of the molecule is COc1cc(-n2ccc(C(=O)N3C[C@@H](O)CO3)n2)ccc1F. The van der Waals surface area contributed by atoms with Crippen molar-refractivity contribution in [2.75, 3.05) is 20.3 Å². The Morgan fingerprint density at radius 1 is 1.50 bits per heavy atom. The Kier molecular flexibility index (Phi) is 3.78. The molecule has 0 spiro atoms. The third kappa shape index (κ3) is 2.66. The van der Waals surface area contributed by atoms with Gasteiger partial charge in [-0.3, -0.25) is 9.63 Å². The van der Waals surface area contributed by atoms with E-state index >= 15 is 0 Å². The van der Waals surface area contributed by atoms with Crippen molar-refractivity contribution in [3.8, 4) is 11.4 Å². The van der Waals surface area contributed by atoms with E-state index in [4.69, 9.17) is 9.57 Å². The minimum atomic E-state index is -0.688. The van der Waals surface area contributed by atoms with Crippen molar-refractivity contribution in [2.45, 2.75) is 6.10 Å². The van der Waals surface area contributed by atoms with Gasteiger partial charge in [-0.25, -0.2) is 14.1 Å². The molecule has 0 radical (unpaired) electrons. The zero-order valence-corrected chi connectivity index (χ0v) is 11.8. The van der Waals surface area contributed by atoms with E-state index in [-0.39, 0.29) is 24.6 Å². The number of carbonyl (C=O) groups is 1. The van der Waals surface area contributed by atoms with Gasteiger partial charge in [0.2, 0.25) is 0 Å². The third-order valence-corrected chi connectivity index (χ3v) is 3.23. The van der Waals surface area contributed by atoms with Crippen molar-refractivity contribution < 1.29 is 23.9 Å². The molecule has 2 heterocycles. The van der Waals surface area contributed by atoms with Gasteiger partial charge in [0.05, 0.1) is 19.3 Å². The van der Waals surface area contributed by atoms with Crippen LogP contribution in [0.15, 0.2) is 30.5 Å². The summed E-state index contributed by atoms with van der Waals surface area (Å²) in [6, 6.07) is 5.78. The number of hydroxylamine groups is 2. The number of aromatic nitrogens is 2. The first-order valence-corrected chi connectivity index (χ1v) is 6.61. The first-order chi connectivity index (χ1) is 10.6. The minimum absolute atomic E-state index is 0.0849. The molecule has 1 aromatic heterocycles. The van der Waals surface area contributed by atoms with Crippen LogP contribution >= 0.6 is 0 Å². The van der Waals surface area contributed by atoms with E-state index in [1.807, 2.05) is 0 Å². The molecular formula is C14H14FN3O4. The monoisotopic (exact) mass is 307 g/mol. The predicted molar refractivity (Wildman–Crippen MR) is 73.1 cm³/mol. The quantitative estimate of drug-likeness (QED) is 0.906. The van der Waals surface area contributed by atoms with E-state index in [0.717, 1.165) is 5.06 Å². The van der Waals surface area contributed by atoms with E-state index in [2.05, 4.69) is 5.10 Å². The number of nitrogens with zero attached hydrogens (tertiary/aromatic N) is 3. The van der Waals surface area contributed by atoms with Gasteiger partial charge >= 0.3 is 0 Å². The summed E-state index contributed by atoms with van der Waals surface area (Å²) in [6.45, 7) is 0.192. The van der Waals surface area contributed by atoms with Crippen LogP contribution in [0.3, 0.4) is 0 Å². The maximum atomic E-state index is 13.4. The normalized spacial score (nSPS) is 17.8. The van der Waals surface area contributed by atoms with E-state index < -0.39 is 17.8 Å². The number of halogens is 1. The van der Waals surface area contributed by atoms with Crippen molar-refractivity contribution in [3.05, 3.63) is 42.0 Å². The second kappa shape index (κ2) is 5.74. The van der Waals surface area contributed by atoms with Crippen molar-refractivity contribution in [3.63, 3.8) is 0 Å². The smallest absolute Gasteiger partial charge is 0.298 e. The molecule has 1 fully saturated rings. The highest BCUT2D eigenvalue weighted by molar-refractivity contribution is 5.91. The first kappa shape index (κ1) is 14.5. The molecule has 0 saturated carbocycles. The summed E-state index contributed by atoms with van der Waals surface area (Å²) in [7, 11) is 1.37. The molecular weight excluding hydrogens is 293 g/mol. The van der Waals surface area contributed by atoms with E-state index in [1.165, 1.54) is 36.1 Å². The lowest BCUT2D eigenvalue weighted by molar-refractivity contribution is -0.0783. The number of aliphatic hydroxyl groups is 1. The first-order valence-electron chi connectivity index (χ1n) is 6.61. The summed E-state index contributed by atoms with van der Waals surface area (Å²) >= 11 is 0. The highest BCUT2D eigenvalue weighted by atomic mass is 19.1. The Morgan fingerprint density at radius 3 is 3.00 bits per heavy atom. The lowest BCUT2D eigenvalue weighted by atomic mass is 10.3. The van der Waals surface area contributed by atoms with E-state index in [9.17, 15) is 14.3 Å². The molecule has 0 aliphatic carbocycles. The molecule has 0 bridgehead atoms. The lowest BCUT2D eigenvalue weighted by Gasteiger charge is -2.11. The van der Waals surface area contributed by atoms with Gasteiger partial charge in [-0.05, 0) is 18.2 Å². The van der Waals surface area contributed by atoms with Crippen LogP contribution < -0.4 is 4.74 Å². The Balaban J connectivity index is 1.83. The molecule has 116 valence electrons. The Morgan fingerprint density at radius 2 is 2.32 bits per heavy atom. The van der Waals surface area contributed by atoms with Crippen LogP contribution in [-0.2, 0) is 4.84 Å². The maximum Gasteiger partial charge on any atom is 0.298 e. The number of benzene rings is 1. The molecule has 1 aliphatic rings. The van der Waals surface area contributed by atoms with Crippen LogP contribution in [0.4, 0.5) is 4.39 Å². The van der Waals surface area contributed by atoms with Crippen LogP contribution in [0.25, 0.3) is 5.69 Å². The van der Waals surface area contributed by atoms with E-state index in [1.54, 1.807) is 6.20 Å². The van der Waals surface area contributed by atoms with Crippen LogP contribution in [0.1, 0.15) is 10.5 Å². The molecule has 1 saturated heterocycles. The third-order valence-electron chi connectivity index (χ3n) is 3.23. The Bertz CT molecular complexity index is 703. The zero-order chi connectivity index (χ0) is 15.7. The lowest BCUT2D eigenvalue weighted by Crippen LogP contribution is -2.28. The van der Waals surface area contributed by atoms with Crippen LogP contribution in [0.5, 0.6) is 5.75 Å². The molecule has 1 amide bonds. The molecule has 1 N–H and O–H groups in total. The standard InChI is InChI=1S/C14H14FN3O4/c1-21-13-6-9(2-3-11(13)15)17-5-4-12(16-17)14(20)18-7-10(19)8-22-18/h2-6,10,19H,7-8H2,1H3/t10-/m1/s1. The predicted octanol–water partition coefficient (Wildman–Crippen LogP) is 0.768. The van der Waals surface area contributed by atoms with Crippen molar-refractivity contribution >= 4 is 5.91 Å². The number of hydrogen-bond acceptors (Lipinski definition) is 5. The van der Waals surface area contributed by atoms with Gasteiger partial charge in [0.15, 0.2) is 17.3 Å². The van der Waals surface area contributed by atoms with Crippen molar-refractivity contribution in [2.24, 2.45) is 0 Å². The van der Waals surface area contributed by atoms with Crippen LogP contribution in [-0.4, -0.2) is 52.2 Å². The van der Waals surface area contributed by atoms with Crippen molar-refractivity contribution in [1.29, 1.82) is 0 Å². The highest BCUT2D eigenvalue weighted by Crippen LogP contribution is 2.21. The summed E-state index contributed by atoms with van der Waals surface area (Å²) < 4.78 is 19.8. The topological polar surface area (TPSA) is 76.8 Å². The van der Waals surface area contributed by atoms with Gasteiger partial charge in [-0.1, -0.05) is 0 Å². The van der Waals surface area contributed by atoms with Gasteiger partial charge in [0.25, 0.3) is 5.91 Å². The minimum Gasteiger partial charge on any atom is -0.494 e. The number of ether oxygens (including phenoxy) is 1. The summed E-state index contributed by atoms with van der Waals surface area (Å²) in [4.78, 5) is 17.2. The average Bonchev–Trinajstić information content (AvgIpc) is 3.16. The number of carbonyl (C=O) groups excluding carboxylic acids is 1. The Labute approximate surface area is 125 Å². The fraction of sp³-hybridized carbons (Fsp3) is 0.286. The molecule has 1 atom stereocenters. The number of rotatable bonds is 3. The van der Waals surface area contributed by atoms with Gasteiger partial charge in [-0.15, -0.1) is 0 Å². The van der Waals surface area contributed by atoms with Crippen LogP contribution in [0, 0.1) is 5.82 Å². The number of aliphatic hydroxyl groups excluding tert-OH is 1. The Hall–Kier alpha value is -2.45. The number of hydrogen-bond donors (Lipinski definition) is 1.